The van der Waals surface area contributed by atoms with E-state index in [1.807, 2.05) is 13.8 Å². The molecule has 3 aromatic rings. The van der Waals surface area contributed by atoms with Crippen molar-refractivity contribution in [3.05, 3.63) is 92.9 Å². The number of sulfone groups is 1. The van der Waals surface area contributed by atoms with E-state index in [1.165, 1.54) is 35.2 Å². The van der Waals surface area contributed by atoms with Gasteiger partial charge in [-0.3, -0.25) is 0 Å². The fourth-order valence-corrected chi connectivity index (χ4v) is 12.4. The molecule has 15 heteroatoms. The van der Waals surface area contributed by atoms with Crippen molar-refractivity contribution in [1.29, 1.82) is 0 Å². The molecule has 2 saturated heterocycles. The third-order valence-corrected chi connectivity index (χ3v) is 15.5. The number of fused-ring (bicyclic) bond motifs is 1. The summed E-state index contributed by atoms with van der Waals surface area (Å²) >= 11 is 17.6. The quantitative estimate of drug-likeness (QED) is 0.240. The molecule has 2 aliphatic heterocycles. The predicted octanol–water partition coefficient (Wildman–Crippen LogP) is 6.00. The van der Waals surface area contributed by atoms with Crippen LogP contribution in [0, 0.1) is 5.92 Å². The van der Waals surface area contributed by atoms with E-state index in [9.17, 15) is 27.6 Å². The van der Waals surface area contributed by atoms with Gasteiger partial charge in [0.2, 0.25) is 0 Å². The first-order valence-electron chi connectivity index (χ1n) is 16.7. The zero-order valence-electron chi connectivity index (χ0n) is 27.9. The van der Waals surface area contributed by atoms with E-state index in [4.69, 9.17) is 34.8 Å². The van der Waals surface area contributed by atoms with Gasteiger partial charge in [0, 0.05) is 5.02 Å². The van der Waals surface area contributed by atoms with Gasteiger partial charge in [-0.05, 0) is 24.3 Å². The minimum absolute atomic E-state index is 0.0513. The number of amides is 3. The van der Waals surface area contributed by atoms with Gasteiger partial charge in [-0.25, -0.2) is 0 Å². The van der Waals surface area contributed by atoms with E-state index in [1.54, 1.807) is 41.3 Å². The summed E-state index contributed by atoms with van der Waals surface area (Å²) in [5.41, 5.74) is 0.952. The normalized spacial score (nSPS) is 22.1. The summed E-state index contributed by atoms with van der Waals surface area (Å²) in [5, 5.41) is 5.15. The van der Waals surface area contributed by atoms with Crippen molar-refractivity contribution >= 4 is 88.4 Å². The molecule has 4 atom stereocenters. The van der Waals surface area contributed by atoms with Crippen LogP contribution in [0.25, 0.3) is 0 Å². The van der Waals surface area contributed by atoms with Gasteiger partial charge in [-0.15, -0.1) is 0 Å². The van der Waals surface area contributed by atoms with Crippen LogP contribution in [0.1, 0.15) is 60.7 Å². The van der Waals surface area contributed by atoms with Gasteiger partial charge < -0.3 is 0 Å². The van der Waals surface area contributed by atoms with E-state index >= 15 is 0 Å². The number of benzene rings is 3. The van der Waals surface area contributed by atoms with Crippen molar-refractivity contribution in [2.45, 2.75) is 72.6 Å². The molecule has 2 N–H and O–H groups in total. The van der Waals surface area contributed by atoms with Crippen LogP contribution in [0.5, 0.6) is 0 Å². The maximum atomic E-state index is 14.9. The Morgan fingerprint density at radius 1 is 0.902 bits per heavy atom. The molecule has 3 amide bonds. The molecule has 51 heavy (non-hydrogen) atoms. The Hall–Kier alpha value is -2.92. The second kappa shape index (κ2) is 15.6. The van der Waals surface area contributed by atoms with Gasteiger partial charge in [0.1, 0.15) is 0 Å². The number of halogens is 3. The molecule has 1 radical (unpaired) electrons. The second-order valence-corrected chi connectivity index (χ2v) is 19.4. The van der Waals surface area contributed by atoms with Crippen molar-refractivity contribution in [3.63, 3.8) is 0 Å². The summed E-state index contributed by atoms with van der Waals surface area (Å²) in [6.07, 6.45) is 2.93. The fourth-order valence-electron chi connectivity index (χ4n) is 7.02. The number of hydrogen-bond donors (Lipinski definition) is 2. The molecule has 0 spiro atoms. The molecule has 3 aromatic carbocycles. The standard InChI is InChI=1S/C36H37AsCl3N4O6S/c1-20(2)43-19-30-41-18-27(37-33(45)22-5-3-4-6-22)35(47)44(30)31(36(43)48)32(51(49,50)29-16-13-25(39)17-28(29)40)21-9-14-26(15-10-21)42-34(46)23-7-11-24(38)12-8-23/h7-17,20,22,27,30-32,41H,3-6,18-19H2,1-2H3,(H,42,46). The van der Waals surface area contributed by atoms with E-state index in [-0.39, 0.29) is 50.1 Å². The molecule has 0 bridgehead atoms. The van der Waals surface area contributed by atoms with Crippen LogP contribution in [0.4, 0.5) is 5.69 Å². The molecule has 1 aliphatic carbocycles. The number of nitrogens with one attached hydrogen (secondary N) is 2. The maximum absolute atomic E-state index is 14.9. The third kappa shape index (κ3) is 7.90. The van der Waals surface area contributed by atoms with Gasteiger partial charge in [0.25, 0.3) is 0 Å². The summed E-state index contributed by atoms with van der Waals surface area (Å²) in [7, 11) is -4.51. The van der Waals surface area contributed by atoms with Gasteiger partial charge in [0.05, 0.1) is 0 Å². The van der Waals surface area contributed by atoms with Crippen LogP contribution in [-0.4, -0.2) is 87.6 Å². The number of anilines is 1. The van der Waals surface area contributed by atoms with Crippen LogP contribution in [0.2, 0.25) is 19.8 Å². The summed E-state index contributed by atoms with van der Waals surface area (Å²) in [6.45, 7) is 4.10. The molecule has 3 fully saturated rings. The van der Waals surface area contributed by atoms with Crippen molar-refractivity contribution in [2.24, 2.45) is 5.92 Å². The van der Waals surface area contributed by atoms with Crippen molar-refractivity contribution in [1.82, 2.24) is 15.1 Å². The average Bonchev–Trinajstić information content (AvgIpc) is 3.63. The number of carbonyl (C=O) groups excluding carboxylic acids is 4. The molecule has 0 aromatic heterocycles. The number of hydrogen-bond acceptors (Lipinski definition) is 7. The Morgan fingerprint density at radius 3 is 2.18 bits per heavy atom. The molecule has 3 aliphatic rings. The average molecular weight is 835 g/mol. The zero-order valence-corrected chi connectivity index (χ0v) is 32.9. The topological polar surface area (TPSA) is 133 Å². The van der Waals surface area contributed by atoms with Crippen LogP contribution >= 0.6 is 34.8 Å². The number of rotatable bonds is 10. The predicted molar refractivity (Wildman–Crippen MR) is 198 cm³/mol. The van der Waals surface area contributed by atoms with Crippen LogP contribution in [0.3, 0.4) is 0 Å². The van der Waals surface area contributed by atoms with Gasteiger partial charge in [-0.1, -0.05) is 11.6 Å². The SMILES string of the molecule is CC(C)N1CC2NCC([As]C(=O)C3CCCC3)C(=O)N2C(C(c2ccc(NC(=O)c3ccc(Cl)cc3)cc2)S(=O)(=O)c2ccc(Cl)cc2Cl)C1=O. The first kappa shape index (κ1) is 37.8. The molecular formula is C36H37AsCl3N4O6S. The van der Waals surface area contributed by atoms with Crippen molar-refractivity contribution in [3.8, 4) is 0 Å². The molecule has 6 rings (SSSR count). The molecule has 269 valence electrons. The molecule has 1 saturated carbocycles. The third-order valence-electron chi connectivity index (χ3n) is 9.66. The number of piperazine rings is 1. The zero-order chi connectivity index (χ0) is 36.6. The van der Waals surface area contributed by atoms with Crippen molar-refractivity contribution in [2.75, 3.05) is 18.4 Å². The monoisotopic (exact) mass is 833 g/mol. The van der Waals surface area contributed by atoms with Crippen LogP contribution in [-0.2, 0) is 24.2 Å². The van der Waals surface area contributed by atoms with Gasteiger partial charge in [-0.2, -0.15) is 0 Å². The molecule has 4 unspecified atom stereocenters. The van der Waals surface area contributed by atoms with Gasteiger partial charge >= 0.3 is 280 Å². The molecule has 2 heterocycles. The van der Waals surface area contributed by atoms with Crippen molar-refractivity contribution < 1.29 is 27.6 Å². The Labute approximate surface area is 319 Å². The molecule has 10 nitrogen and oxygen atoms in total. The van der Waals surface area contributed by atoms with Gasteiger partial charge in [0.15, 0.2) is 0 Å². The van der Waals surface area contributed by atoms with E-state index < -0.39 is 65.5 Å². The summed E-state index contributed by atoms with van der Waals surface area (Å²) in [5.74, 6) is -1.39. The second-order valence-electron chi connectivity index (χ2n) is 13.3. The Bertz CT molecular complexity index is 1940. The van der Waals surface area contributed by atoms with E-state index in [0.29, 0.717) is 16.3 Å². The Balaban J connectivity index is 1.42. The number of nitrogens with zero attached hydrogens (tertiary/aromatic N) is 2. The van der Waals surface area contributed by atoms with E-state index in [2.05, 4.69) is 10.6 Å². The first-order valence-corrected chi connectivity index (χ1v) is 21.4. The number of carbonyl (C=O) groups is 4. The minimum atomic E-state index is -4.51. The summed E-state index contributed by atoms with van der Waals surface area (Å²) in [4.78, 5) is 58.0. The summed E-state index contributed by atoms with van der Waals surface area (Å²) < 4.78 is 29.2. The molecular weight excluding hydrogens is 798 g/mol. The van der Waals surface area contributed by atoms with Crippen LogP contribution < -0.4 is 10.6 Å². The van der Waals surface area contributed by atoms with Crippen LogP contribution in [0.15, 0.2) is 71.6 Å². The van der Waals surface area contributed by atoms with E-state index in [0.717, 1.165) is 25.7 Å². The Kier molecular flexibility index (Phi) is 11.6. The fraction of sp³-hybridized carbons (Fsp3) is 0.389. The first-order chi connectivity index (χ1) is 24.3. The summed E-state index contributed by atoms with van der Waals surface area (Å²) in [6, 6.07) is 14.7. The Morgan fingerprint density at radius 2 is 1.55 bits per heavy atom.